The third-order valence-electron chi connectivity index (χ3n) is 5.97. The normalized spacial score (nSPS) is 10.9. The molecule has 6 heteroatoms. The van der Waals surface area contributed by atoms with Crippen LogP contribution in [-0.2, 0) is 11.2 Å². The van der Waals surface area contributed by atoms with Crippen molar-refractivity contribution in [3.63, 3.8) is 0 Å². The number of benzene rings is 4. The van der Waals surface area contributed by atoms with Gasteiger partial charge in [0, 0.05) is 11.3 Å². The van der Waals surface area contributed by atoms with E-state index in [0.29, 0.717) is 16.1 Å². The quantitative estimate of drug-likeness (QED) is 0.213. The highest BCUT2D eigenvalue weighted by Crippen LogP contribution is 2.28. The predicted molar refractivity (Wildman–Crippen MR) is 148 cm³/mol. The number of amides is 1. The molecule has 5 aromatic rings. The van der Waals surface area contributed by atoms with Gasteiger partial charge in [-0.25, -0.2) is 4.98 Å². The van der Waals surface area contributed by atoms with Crippen molar-refractivity contribution < 1.29 is 4.79 Å². The molecule has 0 aliphatic carbocycles. The number of aryl methyl sites for hydroxylation is 1. The van der Waals surface area contributed by atoms with Gasteiger partial charge in [0.1, 0.15) is 0 Å². The number of carbonyl (C=O) groups is 1. The number of fused-ring (bicyclic) bond motifs is 1. The Labute approximate surface area is 213 Å². The molecule has 0 aliphatic rings. The second kappa shape index (κ2) is 10.6. The number of nitrogens with zero attached hydrogens (tertiary/aromatic N) is 2. The van der Waals surface area contributed by atoms with Crippen LogP contribution in [0.15, 0.2) is 113 Å². The smallest absolute Gasteiger partial charge is 0.266 e. The van der Waals surface area contributed by atoms with E-state index in [9.17, 15) is 9.59 Å². The number of hydrogen-bond acceptors (Lipinski definition) is 4. The van der Waals surface area contributed by atoms with Crippen LogP contribution in [0, 0.1) is 0 Å². The zero-order chi connectivity index (χ0) is 24.9. The molecule has 0 bridgehead atoms. The van der Waals surface area contributed by atoms with Crippen LogP contribution >= 0.6 is 11.8 Å². The highest BCUT2D eigenvalue weighted by atomic mass is 32.2. The number of aromatic nitrogens is 2. The van der Waals surface area contributed by atoms with Gasteiger partial charge in [-0.2, -0.15) is 0 Å². The first-order valence-corrected chi connectivity index (χ1v) is 12.8. The highest BCUT2D eigenvalue weighted by Gasteiger charge is 2.16. The molecule has 1 N–H and O–H groups in total. The molecule has 0 radical (unpaired) electrons. The number of rotatable bonds is 7. The summed E-state index contributed by atoms with van der Waals surface area (Å²) < 4.78 is 1.59. The lowest BCUT2D eigenvalue weighted by molar-refractivity contribution is -0.113. The van der Waals surface area contributed by atoms with Crippen LogP contribution in [0.25, 0.3) is 27.7 Å². The summed E-state index contributed by atoms with van der Waals surface area (Å²) in [6.07, 6.45) is 0.914. The van der Waals surface area contributed by atoms with Gasteiger partial charge in [-0.3, -0.25) is 14.2 Å². The topological polar surface area (TPSA) is 64.0 Å². The molecular formula is C30H25N3O2S. The van der Waals surface area contributed by atoms with Crippen molar-refractivity contribution in [2.24, 2.45) is 0 Å². The molecule has 178 valence electrons. The van der Waals surface area contributed by atoms with Gasteiger partial charge in [0.25, 0.3) is 5.56 Å². The number of anilines is 1. The van der Waals surface area contributed by atoms with Crippen molar-refractivity contribution in [3.05, 3.63) is 119 Å². The zero-order valence-corrected chi connectivity index (χ0v) is 20.7. The second-order valence-corrected chi connectivity index (χ2v) is 9.26. The summed E-state index contributed by atoms with van der Waals surface area (Å²) in [5.74, 6) is -0.0558. The third kappa shape index (κ3) is 4.95. The van der Waals surface area contributed by atoms with Crippen LogP contribution in [-0.4, -0.2) is 21.2 Å². The van der Waals surface area contributed by atoms with Crippen LogP contribution in [0.3, 0.4) is 0 Å². The summed E-state index contributed by atoms with van der Waals surface area (Å²) in [5, 5.41) is 4.06. The third-order valence-corrected chi connectivity index (χ3v) is 6.90. The van der Waals surface area contributed by atoms with E-state index in [2.05, 4.69) is 12.2 Å². The lowest BCUT2D eigenvalue weighted by atomic mass is 10.0. The molecule has 0 fully saturated rings. The van der Waals surface area contributed by atoms with E-state index in [4.69, 9.17) is 4.98 Å². The first kappa shape index (κ1) is 23.6. The van der Waals surface area contributed by atoms with Gasteiger partial charge in [-0.15, -0.1) is 0 Å². The lowest BCUT2D eigenvalue weighted by Gasteiger charge is -2.14. The molecule has 36 heavy (non-hydrogen) atoms. The summed E-state index contributed by atoms with van der Waals surface area (Å²) in [4.78, 5) is 31.2. The van der Waals surface area contributed by atoms with Gasteiger partial charge in [0.2, 0.25) is 5.91 Å². The average Bonchev–Trinajstić information content (AvgIpc) is 2.93. The zero-order valence-electron chi connectivity index (χ0n) is 19.8. The minimum Gasteiger partial charge on any atom is -0.325 e. The molecule has 4 aromatic carbocycles. The van der Waals surface area contributed by atoms with Crippen molar-refractivity contribution in [3.8, 4) is 16.8 Å². The van der Waals surface area contributed by atoms with Crippen LogP contribution in [0.2, 0.25) is 0 Å². The number of para-hydroxylation sites is 2. The molecule has 0 saturated heterocycles. The van der Waals surface area contributed by atoms with Gasteiger partial charge in [0.05, 0.1) is 22.3 Å². The number of hydrogen-bond donors (Lipinski definition) is 1. The van der Waals surface area contributed by atoms with E-state index in [0.717, 1.165) is 28.9 Å². The molecule has 5 nitrogen and oxygen atoms in total. The molecule has 5 rings (SSSR count). The van der Waals surface area contributed by atoms with Gasteiger partial charge < -0.3 is 5.32 Å². The summed E-state index contributed by atoms with van der Waals surface area (Å²) in [6.45, 7) is 2.09. The van der Waals surface area contributed by atoms with E-state index in [1.807, 2.05) is 97.1 Å². The van der Waals surface area contributed by atoms with Gasteiger partial charge in [-0.05, 0) is 47.9 Å². The van der Waals surface area contributed by atoms with E-state index in [1.165, 1.54) is 17.3 Å². The first-order chi connectivity index (χ1) is 17.6. The second-order valence-electron chi connectivity index (χ2n) is 8.32. The summed E-state index contributed by atoms with van der Waals surface area (Å²) in [7, 11) is 0. The maximum absolute atomic E-state index is 13.5. The van der Waals surface area contributed by atoms with Gasteiger partial charge in [-0.1, -0.05) is 91.5 Å². The molecule has 0 saturated carbocycles. The molecule has 1 aromatic heterocycles. The minimum absolute atomic E-state index is 0.112. The minimum atomic E-state index is -0.168. The monoisotopic (exact) mass is 491 g/mol. The molecule has 1 heterocycles. The van der Waals surface area contributed by atoms with Crippen LogP contribution in [0.4, 0.5) is 5.69 Å². The van der Waals surface area contributed by atoms with Gasteiger partial charge >= 0.3 is 0 Å². The van der Waals surface area contributed by atoms with Crippen molar-refractivity contribution >= 4 is 34.3 Å². The molecular weight excluding hydrogens is 466 g/mol. The summed E-state index contributed by atoms with van der Waals surface area (Å²) in [5.41, 5.74) is 5.10. The van der Waals surface area contributed by atoms with Crippen molar-refractivity contribution in [2.45, 2.75) is 18.5 Å². The lowest BCUT2D eigenvalue weighted by Crippen LogP contribution is -2.23. The Bertz CT molecular complexity index is 1580. The largest absolute Gasteiger partial charge is 0.325 e. The fraction of sp³-hybridized carbons (Fsp3) is 0.100. The van der Waals surface area contributed by atoms with E-state index >= 15 is 0 Å². The van der Waals surface area contributed by atoms with E-state index in [-0.39, 0.29) is 17.2 Å². The average molecular weight is 492 g/mol. The van der Waals surface area contributed by atoms with Crippen LogP contribution in [0.5, 0.6) is 0 Å². The molecule has 0 aliphatic heterocycles. The molecule has 0 spiro atoms. The summed E-state index contributed by atoms with van der Waals surface area (Å²) in [6, 6.07) is 32.8. The highest BCUT2D eigenvalue weighted by molar-refractivity contribution is 7.99. The summed E-state index contributed by atoms with van der Waals surface area (Å²) >= 11 is 1.25. The van der Waals surface area contributed by atoms with Crippen molar-refractivity contribution in [1.29, 1.82) is 0 Å². The fourth-order valence-electron chi connectivity index (χ4n) is 4.10. The van der Waals surface area contributed by atoms with E-state index in [1.54, 1.807) is 10.6 Å². The molecule has 1 amide bonds. The molecule has 0 atom stereocenters. The standard InChI is InChI=1S/C30H25N3O2S/c1-2-21-16-18-23(19-17-21)33-29(35)25-13-7-9-15-27(25)32-30(33)36-20-28(34)31-26-14-8-6-12-24(26)22-10-4-3-5-11-22/h3-19H,2,20H2,1H3,(H,31,34). The predicted octanol–water partition coefficient (Wildman–Crippen LogP) is 6.35. The number of nitrogens with one attached hydrogen (secondary N) is 1. The molecule has 0 unspecified atom stereocenters. The van der Waals surface area contributed by atoms with Crippen LogP contribution in [0.1, 0.15) is 12.5 Å². The van der Waals surface area contributed by atoms with E-state index < -0.39 is 0 Å². The van der Waals surface area contributed by atoms with Crippen LogP contribution < -0.4 is 10.9 Å². The Morgan fingerprint density at radius 3 is 2.33 bits per heavy atom. The SMILES string of the molecule is CCc1ccc(-n2c(SCC(=O)Nc3ccccc3-c3ccccc3)nc3ccccc3c2=O)cc1. The number of carbonyl (C=O) groups excluding carboxylic acids is 1. The maximum Gasteiger partial charge on any atom is 0.266 e. The maximum atomic E-state index is 13.5. The Hall–Kier alpha value is -4.16. The Kier molecular flexibility index (Phi) is 6.96. The van der Waals surface area contributed by atoms with Crippen molar-refractivity contribution in [2.75, 3.05) is 11.1 Å². The Morgan fingerprint density at radius 2 is 1.56 bits per heavy atom. The first-order valence-electron chi connectivity index (χ1n) is 11.8. The van der Waals surface area contributed by atoms with Gasteiger partial charge in [0.15, 0.2) is 5.16 Å². The Balaban J connectivity index is 1.44. The number of thioether (sulfide) groups is 1. The Morgan fingerprint density at radius 1 is 0.861 bits per heavy atom. The fourth-order valence-corrected chi connectivity index (χ4v) is 4.91. The van der Waals surface area contributed by atoms with Crippen molar-refractivity contribution in [1.82, 2.24) is 9.55 Å².